The fourth-order valence-electron chi connectivity index (χ4n) is 2.59. The second-order valence-corrected chi connectivity index (χ2v) is 5.38. The van der Waals surface area contributed by atoms with Gasteiger partial charge in [-0.1, -0.05) is 19.1 Å². The number of amides is 1. The maximum absolute atomic E-state index is 12.2. The van der Waals surface area contributed by atoms with Crippen LogP contribution in [0.1, 0.15) is 32.6 Å². The van der Waals surface area contributed by atoms with Crippen LogP contribution in [0.5, 0.6) is 5.75 Å². The number of carbonyl (C=O) groups excluding carboxylic acids is 1. The highest BCUT2D eigenvalue weighted by atomic mass is 16.5. The predicted octanol–water partition coefficient (Wildman–Crippen LogP) is 2.91. The molecule has 2 N–H and O–H groups in total. The fraction of sp³-hybridized carbons (Fsp3) is 0.500. The first-order valence-electron chi connectivity index (χ1n) is 7.37. The van der Waals surface area contributed by atoms with Gasteiger partial charge in [-0.15, -0.1) is 0 Å². The molecule has 0 aliphatic heterocycles. The number of carboxylic acids is 1. The number of anilines is 1. The lowest BCUT2D eigenvalue weighted by Gasteiger charge is -2.14. The van der Waals surface area contributed by atoms with Gasteiger partial charge in [0.25, 0.3) is 0 Å². The molecule has 2 unspecified atom stereocenters. The van der Waals surface area contributed by atoms with Crippen molar-refractivity contribution in [3.05, 3.63) is 24.3 Å². The van der Waals surface area contributed by atoms with Crippen LogP contribution in [-0.4, -0.2) is 23.6 Å². The van der Waals surface area contributed by atoms with Gasteiger partial charge in [-0.05, 0) is 37.8 Å². The van der Waals surface area contributed by atoms with E-state index in [1.54, 1.807) is 6.07 Å². The van der Waals surface area contributed by atoms with E-state index in [-0.39, 0.29) is 11.8 Å². The average Bonchev–Trinajstić information content (AvgIpc) is 2.96. The zero-order valence-electron chi connectivity index (χ0n) is 12.2. The Morgan fingerprint density at radius 1 is 1.29 bits per heavy atom. The van der Waals surface area contributed by atoms with Crippen LogP contribution in [0.15, 0.2) is 24.3 Å². The van der Waals surface area contributed by atoms with Gasteiger partial charge in [0.15, 0.2) is 0 Å². The molecule has 21 heavy (non-hydrogen) atoms. The van der Waals surface area contributed by atoms with Crippen molar-refractivity contribution in [1.82, 2.24) is 0 Å². The first-order valence-corrected chi connectivity index (χ1v) is 7.37. The zero-order valence-corrected chi connectivity index (χ0v) is 12.2. The third-order valence-corrected chi connectivity index (χ3v) is 3.76. The van der Waals surface area contributed by atoms with E-state index >= 15 is 0 Å². The van der Waals surface area contributed by atoms with E-state index in [1.807, 2.05) is 25.1 Å². The Hall–Kier alpha value is -2.04. The topological polar surface area (TPSA) is 75.6 Å². The maximum Gasteiger partial charge on any atom is 0.306 e. The molecular weight excluding hydrogens is 270 g/mol. The quantitative estimate of drug-likeness (QED) is 0.845. The number of hydrogen-bond donors (Lipinski definition) is 2. The van der Waals surface area contributed by atoms with Crippen LogP contribution < -0.4 is 10.1 Å². The summed E-state index contributed by atoms with van der Waals surface area (Å²) >= 11 is 0. The van der Waals surface area contributed by atoms with Gasteiger partial charge >= 0.3 is 5.97 Å². The monoisotopic (exact) mass is 291 g/mol. The molecule has 0 heterocycles. The van der Waals surface area contributed by atoms with E-state index in [9.17, 15) is 9.59 Å². The molecule has 1 amide bonds. The highest BCUT2D eigenvalue weighted by Crippen LogP contribution is 2.33. The molecule has 0 radical (unpaired) electrons. The zero-order chi connectivity index (χ0) is 15.2. The number of ether oxygens (including phenoxy) is 1. The minimum absolute atomic E-state index is 0.119. The van der Waals surface area contributed by atoms with E-state index in [4.69, 9.17) is 9.84 Å². The van der Waals surface area contributed by atoms with Crippen LogP contribution in [0.3, 0.4) is 0 Å². The van der Waals surface area contributed by atoms with Gasteiger partial charge < -0.3 is 15.2 Å². The molecule has 0 spiro atoms. The highest BCUT2D eigenvalue weighted by Gasteiger charge is 2.34. The van der Waals surface area contributed by atoms with Gasteiger partial charge in [0.2, 0.25) is 5.91 Å². The van der Waals surface area contributed by atoms with Crippen molar-refractivity contribution < 1.29 is 19.4 Å². The van der Waals surface area contributed by atoms with E-state index < -0.39 is 11.9 Å². The second-order valence-electron chi connectivity index (χ2n) is 5.38. The van der Waals surface area contributed by atoms with Crippen LogP contribution in [0, 0.1) is 11.8 Å². The van der Waals surface area contributed by atoms with E-state index in [0.717, 1.165) is 6.42 Å². The molecule has 0 aromatic heterocycles. The smallest absolute Gasteiger partial charge is 0.306 e. The van der Waals surface area contributed by atoms with Gasteiger partial charge in [0.05, 0.1) is 18.2 Å². The molecule has 2 rings (SSSR count). The standard InChI is InChI=1S/C16H21NO4/c1-2-9-21-14-6-4-3-5-13(14)17-15(18)11-7-8-12(10-11)16(19)20/h3-6,11-12H,2,7-10H2,1H3,(H,17,18)(H,19,20). The second kappa shape index (κ2) is 7.11. The van der Waals surface area contributed by atoms with E-state index in [0.29, 0.717) is 37.3 Å². The SMILES string of the molecule is CCCOc1ccccc1NC(=O)C1CCC(C(=O)O)C1. The number of rotatable bonds is 6. The molecule has 1 fully saturated rings. The van der Waals surface area contributed by atoms with Crippen molar-refractivity contribution in [3.63, 3.8) is 0 Å². The molecule has 1 aromatic carbocycles. The third-order valence-electron chi connectivity index (χ3n) is 3.76. The molecule has 1 aliphatic carbocycles. The van der Waals surface area contributed by atoms with E-state index in [2.05, 4.69) is 5.32 Å². The first-order chi connectivity index (χ1) is 10.1. The summed E-state index contributed by atoms with van der Waals surface area (Å²) in [7, 11) is 0. The number of para-hydroxylation sites is 2. The first kappa shape index (κ1) is 15.4. The number of nitrogens with one attached hydrogen (secondary N) is 1. The molecule has 1 aliphatic rings. The third kappa shape index (κ3) is 3.97. The average molecular weight is 291 g/mol. The predicted molar refractivity (Wildman–Crippen MR) is 79.3 cm³/mol. The van der Waals surface area contributed by atoms with E-state index in [1.165, 1.54) is 0 Å². The van der Waals surface area contributed by atoms with Gasteiger partial charge in [0.1, 0.15) is 5.75 Å². The molecule has 5 heteroatoms. The lowest BCUT2D eigenvalue weighted by molar-refractivity contribution is -0.141. The Balaban J connectivity index is 1.98. The summed E-state index contributed by atoms with van der Waals surface area (Å²) in [6.07, 6.45) is 2.51. The van der Waals surface area contributed by atoms with Crippen LogP contribution in [0.2, 0.25) is 0 Å². The van der Waals surface area contributed by atoms with Crippen LogP contribution in [-0.2, 0) is 9.59 Å². The summed E-state index contributed by atoms with van der Waals surface area (Å²) in [6.45, 7) is 2.61. The fourth-order valence-corrected chi connectivity index (χ4v) is 2.59. The molecule has 2 atom stereocenters. The van der Waals surface area contributed by atoms with Crippen molar-refractivity contribution in [2.75, 3.05) is 11.9 Å². The Labute approximate surface area is 124 Å². The summed E-state index contributed by atoms with van der Waals surface area (Å²) in [6, 6.07) is 7.31. The largest absolute Gasteiger partial charge is 0.491 e. The van der Waals surface area contributed by atoms with Crippen molar-refractivity contribution >= 4 is 17.6 Å². The van der Waals surface area contributed by atoms with Crippen molar-refractivity contribution in [2.45, 2.75) is 32.6 Å². The summed E-state index contributed by atoms with van der Waals surface area (Å²) in [5, 5.41) is 11.9. The minimum Gasteiger partial charge on any atom is -0.491 e. The Morgan fingerprint density at radius 2 is 2.00 bits per heavy atom. The van der Waals surface area contributed by atoms with Crippen molar-refractivity contribution in [2.24, 2.45) is 11.8 Å². The van der Waals surface area contributed by atoms with Gasteiger partial charge in [-0.2, -0.15) is 0 Å². The van der Waals surface area contributed by atoms with Gasteiger partial charge in [-0.25, -0.2) is 0 Å². The number of carboxylic acid groups (broad SMARTS) is 1. The summed E-state index contributed by atoms with van der Waals surface area (Å²) < 4.78 is 5.60. The minimum atomic E-state index is -0.808. The Bertz CT molecular complexity index is 515. The number of carbonyl (C=O) groups is 2. The Morgan fingerprint density at radius 3 is 2.67 bits per heavy atom. The van der Waals surface area contributed by atoms with Crippen molar-refractivity contribution in [1.29, 1.82) is 0 Å². The van der Waals surface area contributed by atoms with Gasteiger partial charge in [-0.3, -0.25) is 9.59 Å². The number of aliphatic carboxylic acids is 1. The van der Waals surface area contributed by atoms with Gasteiger partial charge in [0, 0.05) is 5.92 Å². The van der Waals surface area contributed by atoms with Crippen LogP contribution in [0.4, 0.5) is 5.69 Å². The molecule has 1 saturated carbocycles. The normalized spacial score (nSPS) is 21.0. The molecule has 114 valence electrons. The lowest BCUT2D eigenvalue weighted by Crippen LogP contribution is -2.22. The molecule has 5 nitrogen and oxygen atoms in total. The number of hydrogen-bond acceptors (Lipinski definition) is 3. The molecular formula is C16H21NO4. The maximum atomic E-state index is 12.2. The number of benzene rings is 1. The summed E-state index contributed by atoms with van der Waals surface area (Å²) in [4.78, 5) is 23.2. The molecule has 0 bridgehead atoms. The van der Waals surface area contributed by atoms with Crippen LogP contribution >= 0.6 is 0 Å². The molecule has 0 saturated heterocycles. The molecule has 1 aromatic rings. The summed E-state index contributed by atoms with van der Waals surface area (Å²) in [5.41, 5.74) is 0.648. The summed E-state index contributed by atoms with van der Waals surface area (Å²) in [5.74, 6) is -0.901. The lowest BCUT2D eigenvalue weighted by atomic mass is 10.0. The highest BCUT2D eigenvalue weighted by molar-refractivity contribution is 5.94. The Kier molecular flexibility index (Phi) is 5.20. The van der Waals surface area contributed by atoms with Crippen LogP contribution in [0.25, 0.3) is 0 Å². The van der Waals surface area contributed by atoms with Crippen molar-refractivity contribution in [3.8, 4) is 5.75 Å².